The van der Waals surface area contributed by atoms with E-state index in [-0.39, 0.29) is 18.1 Å². The number of hydrogen-bond acceptors (Lipinski definition) is 7. The highest BCUT2D eigenvalue weighted by molar-refractivity contribution is 7.18. The number of amides is 1. The molecule has 0 atom stereocenters. The second-order valence-electron chi connectivity index (χ2n) is 6.96. The van der Waals surface area contributed by atoms with E-state index in [1.807, 2.05) is 25.1 Å². The number of nitrogens with zero attached hydrogens (tertiary/aromatic N) is 4. The predicted octanol–water partition coefficient (Wildman–Crippen LogP) is 4.03. The van der Waals surface area contributed by atoms with Crippen LogP contribution < -0.4 is 10.6 Å². The Balaban J connectivity index is 1.67. The number of carbonyl (C=O) groups is 2. The quantitative estimate of drug-likeness (QED) is 0.428. The molecule has 0 bridgehead atoms. The van der Waals surface area contributed by atoms with E-state index in [2.05, 4.69) is 32.3 Å². The van der Waals surface area contributed by atoms with E-state index in [1.54, 1.807) is 29.4 Å². The molecular formula is C22H20N6O2S. The Morgan fingerprint density at radius 1 is 1.26 bits per heavy atom. The van der Waals surface area contributed by atoms with Crippen LogP contribution in [0.2, 0.25) is 0 Å². The van der Waals surface area contributed by atoms with Crippen LogP contribution in [0, 0.1) is 6.92 Å². The zero-order valence-corrected chi connectivity index (χ0v) is 17.9. The molecule has 0 fully saturated rings. The number of carbonyl (C=O) groups excluding carboxylic acids is 2. The molecule has 3 aromatic heterocycles. The maximum absolute atomic E-state index is 12.7. The molecule has 0 aliphatic carbocycles. The smallest absolute Gasteiger partial charge is 0.259 e. The fourth-order valence-electron chi connectivity index (χ4n) is 3.20. The number of allylic oxidation sites excluding steroid dienone is 1. The van der Waals surface area contributed by atoms with E-state index in [4.69, 9.17) is 0 Å². The van der Waals surface area contributed by atoms with Gasteiger partial charge in [0.15, 0.2) is 17.4 Å². The minimum Gasteiger partial charge on any atom is -0.338 e. The molecule has 0 unspecified atom stereocenters. The number of nitrogens with one attached hydrogen (secondary N) is 2. The number of thiophene rings is 1. The van der Waals surface area contributed by atoms with Gasteiger partial charge in [-0.25, -0.2) is 9.97 Å². The maximum Gasteiger partial charge on any atom is 0.259 e. The van der Waals surface area contributed by atoms with Crippen molar-refractivity contribution in [1.29, 1.82) is 0 Å². The summed E-state index contributed by atoms with van der Waals surface area (Å²) in [5.41, 5.74) is 3.63. The Morgan fingerprint density at radius 2 is 2.10 bits per heavy atom. The third-order valence-corrected chi connectivity index (χ3v) is 5.72. The van der Waals surface area contributed by atoms with Gasteiger partial charge in [0.25, 0.3) is 5.91 Å². The summed E-state index contributed by atoms with van der Waals surface area (Å²) in [5.74, 6) is 0.693. The van der Waals surface area contributed by atoms with Crippen molar-refractivity contribution in [2.24, 2.45) is 7.05 Å². The van der Waals surface area contributed by atoms with Crippen LogP contribution in [0.3, 0.4) is 0 Å². The first-order chi connectivity index (χ1) is 15.0. The monoisotopic (exact) mass is 432 g/mol. The van der Waals surface area contributed by atoms with Crippen LogP contribution in [0.4, 0.5) is 17.3 Å². The molecule has 0 aliphatic heterocycles. The lowest BCUT2D eigenvalue weighted by Crippen LogP contribution is -2.12. The van der Waals surface area contributed by atoms with Gasteiger partial charge < -0.3 is 10.6 Å². The van der Waals surface area contributed by atoms with Crippen LogP contribution in [-0.2, 0) is 18.3 Å². The number of fused-ring (bicyclic) bond motifs is 1. The standard InChI is InChI=1S/C22H20N6O2S/c1-4-15(29)10-14-7-5-6-13(2)18(14)26-21-20-19(23-12-24-21)16(11-31-20)22(30)25-17-8-9-28(3)27-17/h4-9,11-12H,1,10H2,2-3H3,(H,23,24,26)(H,25,27,30). The highest BCUT2D eigenvalue weighted by atomic mass is 32.1. The van der Waals surface area contributed by atoms with Crippen LogP contribution in [0.5, 0.6) is 0 Å². The summed E-state index contributed by atoms with van der Waals surface area (Å²) < 4.78 is 2.36. The zero-order valence-electron chi connectivity index (χ0n) is 17.0. The summed E-state index contributed by atoms with van der Waals surface area (Å²) in [6.07, 6.45) is 4.73. The lowest BCUT2D eigenvalue weighted by molar-refractivity contribution is -0.114. The number of aromatic nitrogens is 4. The Kier molecular flexibility index (Phi) is 5.59. The number of benzene rings is 1. The summed E-state index contributed by atoms with van der Waals surface area (Å²) in [6, 6.07) is 7.49. The Labute approximate surface area is 182 Å². The zero-order chi connectivity index (χ0) is 22.0. The Hall–Kier alpha value is -3.85. The van der Waals surface area contributed by atoms with Crippen molar-refractivity contribution in [3.63, 3.8) is 0 Å². The van der Waals surface area contributed by atoms with Crippen molar-refractivity contribution in [1.82, 2.24) is 19.7 Å². The van der Waals surface area contributed by atoms with Gasteiger partial charge in [0.2, 0.25) is 0 Å². The SMILES string of the molecule is C=CC(=O)Cc1cccc(C)c1Nc1ncnc2c(C(=O)Nc3ccn(C)n3)csc12. The van der Waals surface area contributed by atoms with Crippen molar-refractivity contribution in [3.05, 3.63) is 71.5 Å². The number of rotatable bonds is 7. The van der Waals surface area contributed by atoms with Crippen molar-refractivity contribution < 1.29 is 9.59 Å². The molecule has 0 saturated carbocycles. The molecule has 0 radical (unpaired) electrons. The molecule has 9 heteroatoms. The van der Waals surface area contributed by atoms with Crippen molar-refractivity contribution >= 4 is 50.6 Å². The molecule has 0 spiro atoms. The minimum atomic E-state index is -0.289. The number of hydrogen-bond donors (Lipinski definition) is 2. The van der Waals surface area contributed by atoms with Crippen molar-refractivity contribution in [2.75, 3.05) is 10.6 Å². The van der Waals surface area contributed by atoms with E-state index in [0.29, 0.717) is 22.7 Å². The molecule has 4 rings (SSSR count). The van der Waals surface area contributed by atoms with E-state index >= 15 is 0 Å². The van der Waals surface area contributed by atoms with E-state index in [1.165, 1.54) is 23.7 Å². The average molecular weight is 433 g/mol. The van der Waals surface area contributed by atoms with Crippen LogP contribution >= 0.6 is 11.3 Å². The number of ketones is 1. The van der Waals surface area contributed by atoms with Crippen LogP contribution in [0.25, 0.3) is 10.2 Å². The topological polar surface area (TPSA) is 102 Å². The average Bonchev–Trinajstić information content (AvgIpc) is 3.37. The fourth-order valence-corrected chi connectivity index (χ4v) is 4.14. The molecule has 0 aliphatic rings. The summed E-state index contributed by atoms with van der Waals surface area (Å²) >= 11 is 1.38. The van der Waals surface area contributed by atoms with Gasteiger partial charge in [-0.2, -0.15) is 5.10 Å². The van der Waals surface area contributed by atoms with Gasteiger partial charge >= 0.3 is 0 Å². The normalized spacial score (nSPS) is 10.8. The molecule has 8 nitrogen and oxygen atoms in total. The molecule has 0 saturated heterocycles. The second-order valence-corrected chi connectivity index (χ2v) is 7.84. The number of aryl methyl sites for hydroxylation is 2. The first-order valence-electron chi connectivity index (χ1n) is 9.50. The summed E-state index contributed by atoms with van der Waals surface area (Å²) in [7, 11) is 1.78. The molecule has 3 heterocycles. The summed E-state index contributed by atoms with van der Waals surface area (Å²) in [5, 5.41) is 12.1. The number of para-hydroxylation sites is 1. The first-order valence-corrected chi connectivity index (χ1v) is 10.4. The second kappa shape index (κ2) is 8.49. The molecule has 31 heavy (non-hydrogen) atoms. The van der Waals surface area contributed by atoms with E-state index in [0.717, 1.165) is 21.5 Å². The Morgan fingerprint density at radius 3 is 2.84 bits per heavy atom. The van der Waals surface area contributed by atoms with Gasteiger partial charge in [0.1, 0.15) is 6.33 Å². The molecule has 1 amide bonds. The van der Waals surface area contributed by atoms with Gasteiger partial charge in [-0.3, -0.25) is 14.3 Å². The van der Waals surface area contributed by atoms with Crippen LogP contribution in [-0.4, -0.2) is 31.4 Å². The van der Waals surface area contributed by atoms with E-state index < -0.39 is 0 Å². The number of anilines is 3. The van der Waals surface area contributed by atoms with Crippen molar-refractivity contribution in [2.45, 2.75) is 13.3 Å². The molecular weight excluding hydrogens is 412 g/mol. The lowest BCUT2D eigenvalue weighted by atomic mass is 10.0. The van der Waals surface area contributed by atoms with Gasteiger partial charge in [0, 0.05) is 36.8 Å². The third-order valence-electron chi connectivity index (χ3n) is 4.75. The van der Waals surface area contributed by atoms with E-state index in [9.17, 15) is 9.59 Å². The first kappa shape index (κ1) is 20.4. The minimum absolute atomic E-state index is 0.0638. The van der Waals surface area contributed by atoms with Crippen LogP contribution in [0.1, 0.15) is 21.5 Å². The highest BCUT2D eigenvalue weighted by Gasteiger charge is 2.18. The van der Waals surface area contributed by atoms with Gasteiger partial charge in [-0.1, -0.05) is 24.8 Å². The maximum atomic E-state index is 12.7. The van der Waals surface area contributed by atoms with Crippen molar-refractivity contribution in [3.8, 4) is 0 Å². The summed E-state index contributed by atoms with van der Waals surface area (Å²) in [6.45, 7) is 5.51. The molecule has 1 aromatic carbocycles. The van der Waals surface area contributed by atoms with Gasteiger partial charge in [0.05, 0.1) is 15.8 Å². The fraction of sp³-hybridized carbons (Fsp3) is 0.136. The van der Waals surface area contributed by atoms with Crippen LogP contribution in [0.15, 0.2) is 54.8 Å². The van der Waals surface area contributed by atoms with Gasteiger partial charge in [-0.05, 0) is 24.1 Å². The Bertz CT molecular complexity index is 1310. The highest BCUT2D eigenvalue weighted by Crippen LogP contribution is 2.33. The molecule has 156 valence electrons. The molecule has 2 N–H and O–H groups in total. The molecule has 4 aromatic rings. The predicted molar refractivity (Wildman–Crippen MR) is 122 cm³/mol. The summed E-state index contributed by atoms with van der Waals surface area (Å²) in [4.78, 5) is 33.4. The largest absolute Gasteiger partial charge is 0.338 e. The van der Waals surface area contributed by atoms with Gasteiger partial charge in [-0.15, -0.1) is 11.3 Å². The lowest BCUT2D eigenvalue weighted by Gasteiger charge is -2.14. The third kappa shape index (κ3) is 4.22.